The molecule has 1 amide bonds. The second-order valence-corrected chi connectivity index (χ2v) is 20.7. The molecule has 0 saturated heterocycles. The number of ether oxygens (including phenoxy) is 1. The monoisotopic (exact) mass is 944 g/mol. The Morgan fingerprint density at radius 3 is 1.09 bits per heavy atom. The van der Waals surface area contributed by atoms with Gasteiger partial charge in [-0.1, -0.05) is 282 Å². The molecule has 0 heterocycles. The molecule has 0 aromatic carbocycles. The molecule has 0 rings (SSSR count). The highest BCUT2D eigenvalue weighted by atomic mass is 16.5. The van der Waals surface area contributed by atoms with E-state index in [1.54, 1.807) is 6.08 Å². The van der Waals surface area contributed by atoms with E-state index in [9.17, 15) is 19.8 Å². The highest BCUT2D eigenvalue weighted by Crippen LogP contribution is 2.18. The van der Waals surface area contributed by atoms with Crippen LogP contribution in [0, 0.1) is 0 Å². The van der Waals surface area contributed by atoms with Gasteiger partial charge < -0.3 is 20.3 Å². The first kappa shape index (κ1) is 65.3. The summed E-state index contributed by atoms with van der Waals surface area (Å²) < 4.78 is 5.47. The zero-order valence-electron chi connectivity index (χ0n) is 45.1. The van der Waals surface area contributed by atoms with Crippen LogP contribution >= 0.6 is 0 Å². The Balaban J connectivity index is 3.33. The van der Waals surface area contributed by atoms with Crippen molar-refractivity contribution in [3.8, 4) is 0 Å². The lowest BCUT2D eigenvalue weighted by molar-refractivity contribution is -0.143. The first-order valence-electron chi connectivity index (χ1n) is 30.1. The molecule has 67 heavy (non-hydrogen) atoms. The molecule has 0 spiro atoms. The maximum atomic E-state index is 12.4. The van der Waals surface area contributed by atoms with Crippen molar-refractivity contribution in [2.24, 2.45) is 0 Å². The second kappa shape index (κ2) is 56.9. The fourth-order valence-corrected chi connectivity index (χ4v) is 9.34. The van der Waals surface area contributed by atoms with E-state index >= 15 is 0 Å². The largest absolute Gasteiger partial charge is 0.466 e. The number of unbranched alkanes of at least 4 members (excludes halogenated alkanes) is 43. The van der Waals surface area contributed by atoms with Crippen LogP contribution in [-0.2, 0) is 14.3 Å². The van der Waals surface area contributed by atoms with Gasteiger partial charge in [-0.15, -0.1) is 0 Å². The molecule has 0 bridgehead atoms. The Kier molecular flexibility index (Phi) is 55.5. The molecule has 2 unspecified atom stereocenters. The third-order valence-corrected chi connectivity index (χ3v) is 14.0. The summed E-state index contributed by atoms with van der Waals surface area (Å²) in [4.78, 5) is 24.4. The van der Waals surface area contributed by atoms with Crippen LogP contribution in [0.15, 0.2) is 24.3 Å². The van der Waals surface area contributed by atoms with E-state index in [1.807, 2.05) is 6.08 Å². The van der Waals surface area contributed by atoms with Crippen molar-refractivity contribution in [3.63, 3.8) is 0 Å². The van der Waals surface area contributed by atoms with E-state index in [4.69, 9.17) is 4.74 Å². The van der Waals surface area contributed by atoms with Crippen molar-refractivity contribution in [1.29, 1.82) is 0 Å². The quantitative estimate of drug-likeness (QED) is 0.0321. The van der Waals surface area contributed by atoms with Gasteiger partial charge in [-0.3, -0.25) is 9.59 Å². The van der Waals surface area contributed by atoms with Crippen LogP contribution < -0.4 is 5.32 Å². The molecule has 6 heteroatoms. The molecule has 396 valence electrons. The van der Waals surface area contributed by atoms with E-state index in [1.165, 1.54) is 257 Å². The third-order valence-electron chi connectivity index (χ3n) is 14.0. The molecule has 0 aliphatic carbocycles. The molecular formula is C61H117NO5. The molecule has 3 N–H and O–H groups in total. The standard InChI is InChI=1S/C61H117NO5/c1-3-5-7-9-11-13-15-35-39-43-47-51-55-61(66)67-56-52-48-44-40-36-33-31-29-27-25-23-21-19-17-16-18-20-22-24-26-28-30-32-34-38-42-46-50-54-60(65)62-58(57-63)59(64)53-49-45-41-37-14-12-10-8-6-4-2/h11,13,49,53,58-59,63-64H,3-10,12,14-48,50-52,54-57H2,1-2H3,(H,62,65)/b13-11-,53-49+. The van der Waals surface area contributed by atoms with Crippen molar-refractivity contribution in [1.82, 2.24) is 5.32 Å². The molecule has 0 saturated carbocycles. The summed E-state index contributed by atoms with van der Waals surface area (Å²) in [5.41, 5.74) is 0. The minimum Gasteiger partial charge on any atom is -0.466 e. The Bertz CT molecular complexity index is 1040. The highest BCUT2D eigenvalue weighted by molar-refractivity contribution is 5.76. The minimum atomic E-state index is -0.840. The van der Waals surface area contributed by atoms with Crippen molar-refractivity contribution in [2.75, 3.05) is 13.2 Å². The van der Waals surface area contributed by atoms with E-state index in [0.29, 0.717) is 19.4 Å². The van der Waals surface area contributed by atoms with Gasteiger partial charge in [-0.25, -0.2) is 0 Å². The number of hydrogen-bond acceptors (Lipinski definition) is 5. The van der Waals surface area contributed by atoms with Gasteiger partial charge in [0.2, 0.25) is 5.91 Å². The first-order valence-corrected chi connectivity index (χ1v) is 30.1. The van der Waals surface area contributed by atoms with Gasteiger partial charge in [-0.05, 0) is 57.8 Å². The predicted octanol–water partition coefficient (Wildman–Crippen LogP) is 18.6. The van der Waals surface area contributed by atoms with Crippen LogP contribution in [0.2, 0.25) is 0 Å². The summed E-state index contributed by atoms with van der Waals surface area (Å²) in [7, 11) is 0. The van der Waals surface area contributed by atoms with Gasteiger partial charge in [0, 0.05) is 12.8 Å². The summed E-state index contributed by atoms with van der Waals surface area (Å²) in [5, 5.41) is 23.0. The third kappa shape index (κ3) is 53.5. The molecule has 0 aromatic heterocycles. The van der Waals surface area contributed by atoms with Crippen LogP contribution in [0.25, 0.3) is 0 Å². The molecule has 0 fully saturated rings. The van der Waals surface area contributed by atoms with Gasteiger partial charge in [-0.2, -0.15) is 0 Å². The van der Waals surface area contributed by atoms with Gasteiger partial charge in [0.1, 0.15) is 0 Å². The van der Waals surface area contributed by atoms with Crippen LogP contribution in [0.4, 0.5) is 0 Å². The molecule has 0 radical (unpaired) electrons. The molecule has 0 aliphatic rings. The number of aliphatic hydroxyl groups is 2. The van der Waals surface area contributed by atoms with E-state index in [2.05, 4.69) is 31.3 Å². The fraction of sp³-hybridized carbons (Fsp3) is 0.902. The molecule has 0 aromatic rings. The fourth-order valence-electron chi connectivity index (χ4n) is 9.34. The normalized spacial score (nSPS) is 12.7. The zero-order chi connectivity index (χ0) is 48.6. The smallest absolute Gasteiger partial charge is 0.305 e. The molecule has 0 aliphatic heterocycles. The Morgan fingerprint density at radius 2 is 0.701 bits per heavy atom. The molecule has 6 nitrogen and oxygen atoms in total. The molecule has 2 atom stereocenters. The maximum Gasteiger partial charge on any atom is 0.305 e. The van der Waals surface area contributed by atoms with E-state index in [0.717, 1.165) is 44.9 Å². The molecular weight excluding hydrogens is 827 g/mol. The summed E-state index contributed by atoms with van der Waals surface area (Å²) in [6.45, 7) is 4.87. The van der Waals surface area contributed by atoms with E-state index in [-0.39, 0.29) is 18.5 Å². The summed E-state index contributed by atoms with van der Waals surface area (Å²) in [6.07, 6.45) is 69.5. The van der Waals surface area contributed by atoms with Crippen LogP contribution in [0.1, 0.15) is 328 Å². The highest BCUT2D eigenvalue weighted by Gasteiger charge is 2.18. The minimum absolute atomic E-state index is 0.00823. The Labute approximate surface area is 418 Å². The number of amides is 1. The number of aliphatic hydroxyl groups excluding tert-OH is 2. The van der Waals surface area contributed by atoms with Gasteiger partial charge in [0.05, 0.1) is 25.4 Å². The van der Waals surface area contributed by atoms with Crippen LogP contribution in [0.3, 0.4) is 0 Å². The number of carbonyl (C=O) groups excluding carboxylic acids is 2. The number of esters is 1. The maximum absolute atomic E-state index is 12.4. The average molecular weight is 945 g/mol. The number of rotatable bonds is 56. The lowest BCUT2D eigenvalue weighted by Gasteiger charge is -2.20. The van der Waals surface area contributed by atoms with Gasteiger partial charge >= 0.3 is 5.97 Å². The topological polar surface area (TPSA) is 95.9 Å². The first-order chi connectivity index (χ1) is 33.0. The van der Waals surface area contributed by atoms with Gasteiger partial charge in [0.15, 0.2) is 0 Å². The van der Waals surface area contributed by atoms with Crippen molar-refractivity contribution < 1.29 is 24.5 Å². The SMILES string of the molecule is CCCCC/C=C\CCCCCCCC(=O)OCCCCCCCCCCCCCCCCCCCCCCCCCCCCCCC(=O)NC(CO)C(O)/C=C/CCCCCCCCCC. The van der Waals surface area contributed by atoms with E-state index < -0.39 is 12.1 Å². The van der Waals surface area contributed by atoms with Crippen LogP contribution in [0.5, 0.6) is 0 Å². The van der Waals surface area contributed by atoms with Crippen molar-refractivity contribution >= 4 is 11.9 Å². The average Bonchev–Trinajstić information content (AvgIpc) is 3.33. The lowest BCUT2D eigenvalue weighted by Crippen LogP contribution is -2.45. The number of hydrogen-bond donors (Lipinski definition) is 3. The second-order valence-electron chi connectivity index (χ2n) is 20.7. The summed E-state index contributed by atoms with van der Waals surface area (Å²) in [5.74, 6) is -0.0577. The van der Waals surface area contributed by atoms with Crippen molar-refractivity contribution in [2.45, 2.75) is 341 Å². The number of carbonyl (C=O) groups is 2. The zero-order valence-corrected chi connectivity index (χ0v) is 45.1. The van der Waals surface area contributed by atoms with Gasteiger partial charge in [0.25, 0.3) is 0 Å². The summed E-state index contributed by atoms with van der Waals surface area (Å²) >= 11 is 0. The predicted molar refractivity (Wildman–Crippen MR) is 292 cm³/mol. The van der Waals surface area contributed by atoms with Crippen molar-refractivity contribution in [3.05, 3.63) is 24.3 Å². The number of allylic oxidation sites excluding steroid dienone is 3. The Morgan fingerprint density at radius 1 is 0.403 bits per heavy atom. The lowest BCUT2D eigenvalue weighted by atomic mass is 10.0. The summed E-state index contributed by atoms with van der Waals surface area (Å²) in [6, 6.07) is -0.623. The van der Waals surface area contributed by atoms with Crippen LogP contribution in [-0.4, -0.2) is 47.4 Å². The number of nitrogens with one attached hydrogen (secondary N) is 1. The Hall–Kier alpha value is -1.66.